The zero-order valence-corrected chi connectivity index (χ0v) is 13.7. The van der Waals surface area contributed by atoms with Gasteiger partial charge in [-0.3, -0.25) is 4.79 Å². The summed E-state index contributed by atoms with van der Waals surface area (Å²) in [6.45, 7) is 0. The molecule has 1 amide bonds. The average Bonchev–Trinajstić information content (AvgIpc) is 2.88. The molecule has 0 aliphatic carbocycles. The van der Waals surface area contributed by atoms with E-state index in [1.807, 2.05) is 18.2 Å². The van der Waals surface area contributed by atoms with Crippen molar-refractivity contribution >= 4 is 47.0 Å². The van der Waals surface area contributed by atoms with E-state index in [9.17, 15) is 14.7 Å². The molecule has 1 atom stereocenters. The number of rotatable bonds is 6. The van der Waals surface area contributed by atoms with E-state index in [0.717, 1.165) is 11.3 Å². The topological polar surface area (TPSA) is 66.4 Å². The van der Waals surface area contributed by atoms with E-state index in [1.54, 1.807) is 17.8 Å². The van der Waals surface area contributed by atoms with Gasteiger partial charge in [0.05, 0.1) is 5.75 Å². The Kier molecular flexibility index (Phi) is 5.84. The number of carboxylic acids is 1. The van der Waals surface area contributed by atoms with Gasteiger partial charge < -0.3 is 10.4 Å². The molecule has 1 heterocycles. The lowest BCUT2D eigenvalue weighted by Gasteiger charge is -2.24. The Balaban J connectivity index is 1.81. The first-order chi connectivity index (χ1) is 10.0. The van der Waals surface area contributed by atoms with Crippen molar-refractivity contribution in [3.8, 4) is 0 Å². The predicted molar refractivity (Wildman–Crippen MR) is 88.1 cm³/mol. The van der Waals surface area contributed by atoms with Crippen LogP contribution in [0.25, 0.3) is 0 Å². The quantitative estimate of drug-likeness (QED) is 0.829. The number of thioether (sulfide) groups is 2. The molecule has 1 fully saturated rings. The summed E-state index contributed by atoms with van der Waals surface area (Å²) in [5.74, 6) is 0.942. The van der Waals surface area contributed by atoms with Crippen molar-refractivity contribution in [2.24, 2.45) is 0 Å². The average molecular weight is 346 g/mol. The highest BCUT2D eigenvalue weighted by Gasteiger charge is 2.43. The Hall–Kier alpha value is -0.850. The molecule has 1 aliphatic rings. The molecule has 7 heteroatoms. The molecule has 1 aromatic rings. The number of benzene rings is 1. The van der Waals surface area contributed by atoms with E-state index < -0.39 is 11.5 Å². The van der Waals surface area contributed by atoms with Gasteiger partial charge in [0.25, 0.3) is 0 Å². The molecule has 0 bridgehead atoms. The lowest BCUT2D eigenvalue weighted by atomic mass is 9.99. The van der Waals surface area contributed by atoms with Crippen LogP contribution in [0, 0.1) is 0 Å². The number of hydrogen-bond acceptors (Lipinski definition) is 4. The van der Waals surface area contributed by atoms with Gasteiger partial charge in [-0.25, -0.2) is 4.79 Å². The Morgan fingerprint density at radius 3 is 2.90 bits per heavy atom. The highest BCUT2D eigenvalue weighted by atomic mass is 35.5. The molecule has 1 unspecified atom stereocenters. The van der Waals surface area contributed by atoms with Crippen molar-refractivity contribution in [3.05, 3.63) is 34.9 Å². The third-order valence-corrected chi connectivity index (χ3v) is 5.63. The number of amides is 1. The zero-order valence-electron chi connectivity index (χ0n) is 11.3. The van der Waals surface area contributed by atoms with Crippen LogP contribution in [0.15, 0.2) is 24.3 Å². The molecule has 2 rings (SSSR count). The summed E-state index contributed by atoms with van der Waals surface area (Å²) in [5, 5.41) is 12.7. The van der Waals surface area contributed by atoms with Crippen molar-refractivity contribution in [3.63, 3.8) is 0 Å². The van der Waals surface area contributed by atoms with E-state index in [0.29, 0.717) is 22.9 Å². The van der Waals surface area contributed by atoms with Crippen molar-refractivity contribution < 1.29 is 14.7 Å². The Labute approximate surface area is 137 Å². The van der Waals surface area contributed by atoms with Crippen molar-refractivity contribution in [2.45, 2.75) is 17.7 Å². The Morgan fingerprint density at radius 2 is 2.29 bits per heavy atom. The maximum absolute atomic E-state index is 11.9. The maximum atomic E-state index is 11.9. The summed E-state index contributed by atoms with van der Waals surface area (Å²) in [5.41, 5.74) is -0.0390. The number of hydrogen-bond donors (Lipinski definition) is 2. The second-order valence-electron chi connectivity index (χ2n) is 4.86. The number of carboxylic acid groups (broad SMARTS) is 1. The highest BCUT2D eigenvalue weighted by Crippen LogP contribution is 2.28. The fraction of sp³-hybridized carbons (Fsp3) is 0.429. The van der Waals surface area contributed by atoms with E-state index in [-0.39, 0.29) is 11.7 Å². The van der Waals surface area contributed by atoms with Gasteiger partial charge >= 0.3 is 5.97 Å². The summed E-state index contributed by atoms with van der Waals surface area (Å²) < 4.78 is 0. The normalized spacial score (nSPS) is 21.2. The highest BCUT2D eigenvalue weighted by molar-refractivity contribution is 7.99. The van der Waals surface area contributed by atoms with E-state index in [2.05, 4.69) is 5.32 Å². The second kappa shape index (κ2) is 7.42. The lowest BCUT2D eigenvalue weighted by Crippen LogP contribution is -2.55. The number of carbonyl (C=O) groups is 2. The van der Waals surface area contributed by atoms with Gasteiger partial charge in [-0.15, -0.1) is 11.8 Å². The van der Waals surface area contributed by atoms with Gasteiger partial charge in [-0.1, -0.05) is 23.7 Å². The third-order valence-electron chi connectivity index (χ3n) is 3.20. The van der Waals surface area contributed by atoms with Crippen LogP contribution in [0.1, 0.15) is 12.0 Å². The first kappa shape index (κ1) is 16.5. The molecule has 0 aromatic heterocycles. The molecule has 114 valence electrons. The summed E-state index contributed by atoms with van der Waals surface area (Å²) in [6, 6.07) is 7.48. The van der Waals surface area contributed by atoms with Crippen LogP contribution in [0.5, 0.6) is 0 Å². The first-order valence-electron chi connectivity index (χ1n) is 6.46. The Bertz CT molecular complexity index is 533. The van der Waals surface area contributed by atoms with Crippen LogP contribution in [0.2, 0.25) is 5.02 Å². The molecular formula is C14H16ClNO3S2. The van der Waals surface area contributed by atoms with Crippen molar-refractivity contribution in [1.82, 2.24) is 5.32 Å². The van der Waals surface area contributed by atoms with E-state index in [1.165, 1.54) is 11.8 Å². The monoisotopic (exact) mass is 345 g/mol. The van der Waals surface area contributed by atoms with Crippen LogP contribution in [0.4, 0.5) is 0 Å². The number of aliphatic carboxylic acids is 1. The van der Waals surface area contributed by atoms with Crippen LogP contribution in [-0.2, 0) is 15.3 Å². The molecule has 0 saturated carbocycles. The number of halogens is 1. The number of carbonyl (C=O) groups excluding carboxylic acids is 1. The van der Waals surface area contributed by atoms with E-state index in [4.69, 9.17) is 11.6 Å². The maximum Gasteiger partial charge on any atom is 0.330 e. The minimum absolute atomic E-state index is 0.230. The smallest absolute Gasteiger partial charge is 0.330 e. The standard InChI is InChI=1S/C14H16ClNO3S2/c15-11-3-1-2-10(6-11)7-21-8-12(17)16-14(13(18)19)4-5-20-9-14/h1-3,6H,4-5,7-9H2,(H,16,17)(H,18,19). The fourth-order valence-corrected chi connectivity index (χ4v) is 4.39. The van der Waals surface area contributed by atoms with Crippen LogP contribution in [-0.4, -0.2) is 39.8 Å². The van der Waals surface area contributed by atoms with Gasteiger partial charge in [0.1, 0.15) is 5.54 Å². The SMILES string of the molecule is O=C(CSCc1cccc(Cl)c1)NC1(C(=O)O)CCSC1. The largest absolute Gasteiger partial charge is 0.479 e. The molecule has 4 nitrogen and oxygen atoms in total. The lowest BCUT2D eigenvalue weighted by molar-refractivity contribution is -0.146. The molecule has 1 saturated heterocycles. The molecule has 21 heavy (non-hydrogen) atoms. The minimum Gasteiger partial charge on any atom is -0.479 e. The Morgan fingerprint density at radius 1 is 1.48 bits per heavy atom. The molecule has 2 N–H and O–H groups in total. The summed E-state index contributed by atoms with van der Waals surface area (Å²) in [4.78, 5) is 23.3. The summed E-state index contributed by atoms with van der Waals surface area (Å²) in [6.07, 6.45) is 0.484. The number of nitrogens with one attached hydrogen (secondary N) is 1. The van der Waals surface area contributed by atoms with Gasteiger partial charge in [-0.05, 0) is 29.9 Å². The fourth-order valence-electron chi connectivity index (χ4n) is 2.08. The van der Waals surface area contributed by atoms with Crippen LogP contribution < -0.4 is 5.32 Å². The zero-order chi connectivity index (χ0) is 15.3. The minimum atomic E-state index is -1.08. The molecule has 0 spiro atoms. The first-order valence-corrected chi connectivity index (χ1v) is 9.15. The second-order valence-corrected chi connectivity index (χ2v) is 7.39. The molecule has 1 aliphatic heterocycles. The van der Waals surface area contributed by atoms with Crippen LogP contribution >= 0.6 is 35.1 Å². The molecular weight excluding hydrogens is 330 g/mol. The van der Waals surface area contributed by atoms with Gasteiger partial charge in [0.2, 0.25) is 5.91 Å². The molecule has 1 aromatic carbocycles. The van der Waals surface area contributed by atoms with Gasteiger partial charge in [0, 0.05) is 16.5 Å². The summed E-state index contributed by atoms with van der Waals surface area (Å²) in [7, 11) is 0. The van der Waals surface area contributed by atoms with Crippen molar-refractivity contribution in [2.75, 3.05) is 17.3 Å². The summed E-state index contributed by atoms with van der Waals surface area (Å²) >= 11 is 8.90. The van der Waals surface area contributed by atoms with Gasteiger partial charge in [-0.2, -0.15) is 11.8 Å². The predicted octanol–water partition coefficient (Wildman–Crippen LogP) is 2.65. The van der Waals surface area contributed by atoms with Crippen LogP contribution in [0.3, 0.4) is 0 Å². The van der Waals surface area contributed by atoms with Gasteiger partial charge in [0.15, 0.2) is 0 Å². The van der Waals surface area contributed by atoms with Crippen molar-refractivity contribution in [1.29, 1.82) is 0 Å². The molecule has 0 radical (unpaired) electrons. The third kappa shape index (κ3) is 4.56. The van der Waals surface area contributed by atoms with E-state index >= 15 is 0 Å².